The highest BCUT2D eigenvalue weighted by Crippen LogP contribution is 2.17. The van der Waals surface area contributed by atoms with Gasteiger partial charge < -0.3 is 5.32 Å². The standard InChI is InChI=1S/C15H12F2N4O/c1-2-13-19-14-12(4-3-7-21(14)20-13)18-15(22)10-6-5-9(16)8-11(10)17/h3-8H,2H2,1H3,(H,18,22). The van der Waals surface area contributed by atoms with Crippen LogP contribution in [0.4, 0.5) is 14.5 Å². The van der Waals surface area contributed by atoms with Crippen LogP contribution in [0.2, 0.25) is 0 Å². The number of nitrogens with zero attached hydrogens (tertiary/aromatic N) is 3. The second kappa shape index (κ2) is 5.51. The number of pyridine rings is 1. The van der Waals surface area contributed by atoms with Gasteiger partial charge in [-0.25, -0.2) is 18.3 Å². The minimum absolute atomic E-state index is 0.237. The topological polar surface area (TPSA) is 59.3 Å². The Balaban J connectivity index is 1.95. The monoisotopic (exact) mass is 302 g/mol. The van der Waals surface area contributed by atoms with Gasteiger partial charge in [0.25, 0.3) is 5.91 Å². The molecule has 0 unspecified atom stereocenters. The fourth-order valence-electron chi connectivity index (χ4n) is 2.06. The van der Waals surface area contributed by atoms with E-state index >= 15 is 0 Å². The van der Waals surface area contributed by atoms with Crippen molar-refractivity contribution in [3.05, 3.63) is 59.6 Å². The fraction of sp³-hybridized carbons (Fsp3) is 0.133. The molecular formula is C15H12F2N4O. The molecule has 0 radical (unpaired) electrons. The minimum atomic E-state index is -0.917. The van der Waals surface area contributed by atoms with Crippen molar-refractivity contribution < 1.29 is 13.6 Å². The largest absolute Gasteiger partial charge is 0.319 e. The van der Waals surface area contributed by atoms with Crippen LogP contribution in [0.5, 0.6) is 0 Å². The highest BCUT2D eigenvalue weighted by Gasteiger charge is 2.15. The van der Waals surface area contributed by atoms with Crippen LogP contribution < -0.4 is 5.32 Å². The van der Waals surface area contributed by atoms with E-state index in [-0.39, 0.29) is 5.56 Å². The Morgan fingerprint density at radius 1 is 1.32 bits per heavy atom. The van der Waals surface area contributed by atoms with Crippen molar-refractivity contribution in [3.8, 4) is 0 Å². The van der Waals surface area contributed by atoms with Crippen LogP contribution in [0.25, 0.3) is 5.65 Å². The van der Waals surface area contributed by atoms with Gasteiger partial charge in [0.05, 0.1) is 11.3 Å². The number of aromatic nitrogens is 3. The number of carbonyl (C=O) groups is 1. The summed E-state index contributed by atoms with van der Waals surface area (Å²) in [6.07, 6.45) is 2.36. The highest BCUT2D eigenvalue weighted by molar-refractivity contribution is 6.06. The van der Waals surface area contributed by atoms with Crippen molar-refractivity contribution in [1.82, 2.24) is 14.6 Å². The Kier molecular flexibility index (Phi) is 3.54. The number of amides is 1. The van der Waals surface area contributed by atoms with E-state index in [0.717, 1.165) is 12.1 Å². The van der Waals surface area contributed by atoms with Crippen molar-refractivity contribution >= 4 is 17.2 Å². The zero-order valence-electron chi connectivity index (χ0n) is 11.7. The van der Waals surface area contributed by atoms with E-state index in [4.69, 9.17) is 0 Å². The maximum absolute atomic E-state index is 13.6. The number of aryl methyl sites for hydroxylation is 1. The highest BCUT2D eigenvalue weighted by atomic mass is 19.1. The van der Waals surface area contributed by atoms with Crippen LogP contribution in [-0.4, -0.2) is 20.5 Å². The summed E-state index contributed by atoms with van der Waals surface area (Å²) in [4.78, 5) is 16.4. The van der Waals surface area contributed by atoms with Gasteiger partial charge in [-0.2, -0.15) is 5.10 Å². The summed E-state index contributed by atoms with van der Waals surface area (Å²) in [5.41, 5.74) is 0.636. The van der Waals surface area contributed by atoms with Crippen LogP contribution in [0.15, 0.2) is 36.5 Å². The lowest BCUT2D eigenvalue weighted by atomic mass is 10.2. The summed E-state index contributed by atoms with van der Waals surface area (Å²) < 4.78 is 28.1. The average Bonchev–Trinajstić information content (AvgIpc) is 2.91. The summed E-state index contributed by atoms with van der Waals surface area (Å²) in [5, 5.41) is 6.81. The van der Waals surface area contributed by atoms with Gasteiger partial charge in [0.1, 0.15) is 11.6 Å². The summed E-state index contributed by atoms with van der Waals surface area (Å²) in [7, 11) is 0. The van der Waals surface area contributed by atoms with Crippen LogP contribution in [0.3, 0.4) is 0 Å². The number of halogens is 2. The number of carbonyl (C=O) groups excluding carboxylic acids is 1. The lowest BCUT2D eigenvalue weighted by Gasteiger charge is -2.06. The second-order valence-corrected chi connectivity index (χ2v) is 4.65. The van der Waals surface area contributed by atoms with Crippen molar-refractivity contribution in [2.45, 2.75) is 13.3 Å². The molecule has 0 saturated carbocycles. The summed E-state index contributed by atoms with van der Waals surface area (Å²) in [6.45, 7) is 1.92. The van der Waals surface area contributed by atoms with Gasteiger partial charge in [0, 0.05) is 18.7 Å². The van der Waals surface area contributed by atoms with E-state index in [1.54, 1.807) is 18.3 Å². The summed E-state index contributed by atoms with van der Waals surface area (Å²) in [6, 6.07) is 6.13. The molecule has 5 nitrogen and oxygen atoms in total. The van der Waals surface area contributed by atoms with Crippen LogP contribution in [0, 0.1) is 11.6 Å². The molecule has 0 spiro atoms. The Bertz CT molecular complexity index is 860. The Morgan fingerprint density at radius 3 is 2.86 bits per heavy atom. The maximum atomic E-state index is 13.6. The van der Waals surface area contributed by atoms with Gasteiger partial charge in [-0.1, -0.05) is 6.92 Å². The van der Waals surface area contributed by atoms with Gasteiger partial charge >= 0.3 is 0 Å². The predicted octanol–water partition coefficient (Wildman–Crippen LogP) is 2.82. The van der Waals surface area contributed by atoms with Crippen molar-refractivity contribution in [3.63, 3.8) is 0 Å². The molecule has 0 aliphatic rings. The molecule has 1 aromatic carbocycles. The van der Waals surface area contributed by atoms with E-state index in [9.17, 15) is 13.6 Å². The number of nitrogens with one attached hydrogen (secondary N) is 1. The number of fused-ring (bicyclic) bond motifs is 1. The quantitative estimate of drug-likeness (QED) is 0.809. The van der Waals surface area contributed by atoms with Gasteiger partial charge in [0.15, 0.2) is 11.5 Å². The SMILES string of the molecule is CCc1nc2c(NC(=O)c3ccc(F)cc3F)cccn2n1. The van der Waals surface area contributed by atoms with Gasteiger partial charge in [0.2, 0.25) is 0 Å². The van der Waals surface area contributed by atoms with Crippen molar-refractivity contribution in [1.29, 1.82) is 0 Å². The first-order valence-corrected chi connectivity index (χ1v) is 6.69. The van der Waals surface area contributed by atoms with Crippen LogP contribution >= 0.6 is 0 Å². The predicted molar refractivity (Wildman–Crippen MR) is 76.7 cm³/mol. The number of rotatable bonds is 3. The molecule has 0 fully saturated rings. The molecule has 1 amide bonds. The molecule has 7 heteroatoms. The third-order valence-corrected chi connectivity index (χ3v) is 3.15. The molecule has 22 heavy (non-hydrogen) atoms. The van der Waals surface area contributed by atoms with Crippen molar-refractivity contribution in [2.75, 3.05) is 5.32 Å². The number of hydrogen-bond acceptors (Lipinski definition) is 3. The molecule has 2 aromatic heterocycles. The van der Waals surface area contributed by atoms with Crippen LogP contribution in [-0.2, 0) is 6.42 Å². The Hall–Kier alpha value is -2.83. The first-order chi connectivity index (χ1) is 10.6. The molecule has 0 atom stereocenters. The lowest BCUT2D eigenvalue weighted by Crippen LogP contribution is -2.14. The molecular weight excluding hydrogens is 290 g/mol. The van der Waals surface area contributed by atoms with Gasteiger partial charge in [-0.15, -0.1) is 0 Å². The zero-order valence-corrected chi connectivity index (χ0v) is 11.7. The van der Waals surface area contributed by atoms with E-state index < -0.39 is 17.5 Å². The Morgan fingerprint density at radius 2 is 2.14 bits per heavy atom. The smallest absolute Gasteiger partial charge is 0.258 e. The second-order valence-electron chi connectivity index (χ2n) is 4.65. The molecule has 3 rings (SSSR count). The fourth-order valence-corrected chi connectivity index (χ4v) is 2.06. The van der Waals surface area contributed by atoms with E-state index in [2.05, 4.69) is 15.4 Å². The van der Waals surface area contributed by atoms with Crippen molar-refractivity contribution in [2.24, 2.45) is 0 Å². The molecule has 0 aliphatic carbocycles. The van der Waals surface area contributed by atoms with Gasteiger partial charge in [-0.3, -0.25) is 4.79 Å². The first-order valence-electron chi connectivity index (χ1n) is 6.69. The third-order valence-electron chi connectivity index (χ3n) is 3.15. The van der Waals surface area contributed by atoms with Gasteiger partial charge in [-0.05, 0) is 24.3 Å². The molecule has 0 saturated heterocycles. The third kappa shape index (κ3) is 2.52. The minimum Gasteiger partial charge on any atom is -0.319 e. The normalized spacial score (nSPS) is 10.9. The number of benzene rings is 1. The number of hydrogen-bond donors (Lipinski definition) is 1. The van der Waals surface area contributed by atoms with E-state index in [1.807, 2.05) is 6.92 Å². The van der Waals surface area contributed by atoms with E-state index in [1.165, 1.54) is 4.52 Å². The molecule has 0 bridgehead atoms. The first kappa shape index (κ1) is 14.1. The number of anilines is 1. The maximum Gasteiger partial charge on any atom is 0.258 e. The summed E-state index contributed by atoms with van der Waals surface area (Å²) >= 11 is 0. The molecule has 3 aromatic rings. The average molecular weight is 302 g/mol. The molecule has 2 heterocycles. The lowest BCUT2D eigenvalue weighted by molar-refractivity contribution is 0.102. The van der Waals surface area contributed by atoms with E-state index in [0.29, 0.717) is 29.6 Å². The summed E-state index contributed by atoms with van der Waals surface area (Å²) in [5.74, 6) is -1.69. The Labute approximate surface area is 124 Å². The molecule has 0 aliphatic heterocycles. The molecule has 112 valence electrons. The zero-order chi connectivity index (χ0) is 15.7. The van der Waals surface area contributed by atoms with Crippen LogP contribution in [0.1, 0.15) is 23.1 Å². The molecule has 1 N–H and O–H groups in total.